The van der Waals surface area contributed by atoms with E-state index in [1.165, 1.54) is 14.2 Å². The Bertz CT molecular complexity index is 905. The lowest BCUT2D eigenvalue weighted by Crippen LogP contribution is -2.11. The molecule has 0 aliphatic heterocycles. The summed E-state index contributed by atoms with van der Waals surface area (Å²) in [7, 11) is 3.00. The van der Waals surface area contributed by atoms with Crippen LogP contribution in [-0.4, -0.2) is 25.2 Å². The minimum atomic E-state index is -0.526. The Morgan fingerprint density at radius 2 is 1.67 bits per heavy atom. The summed E-state index contributed by atoms with van der Waals surface area (Å²) in [6.45, 7) is 1.89. The molecule has 0 fully saturated rings. The van der Waals surface area contributed by atoms with Crippen LogP contribution in [0.5, 0.6) is 17.2 Å². The van der Waals surface area contributed by atoms with Crippen molar-refractivity contribution in [3.05, 3.63) is 59.8 Å². The van der Waals surface area contributed by atoms with E-state index in [-0.39, 0.29) is 0 Å². The molecule has 0 N–H and O–H groups in total. The number of hydrogen-bond acceptors (Lipinski definition) is 5. The molecule has 5 heteroatoms. The molecule has 0 saturated carbocycles. The zero-order valence-electron chi connectivity index (χ0n) is 13.7. The molecule has 0 atom stereocenters. The Labute approximate surface area is 139 Å². The lowest BCUT2D eigenvalue weighted by atomic mass is 10.1. The van der Waals surface area contributed by atoms with Crippen LogP contribution >= 0.6 is 0 Å². The number of para-hydroxylation sites is 2. The van der Waals surface area contributed by atoms with Crippen LogP contribution in [0.4, 0.5) is 0 Å². The third-order valence-electron chi connectivity index (χ3n) is 3.65. The average Bonchev–Trinajstić information content (AvgIpc) is 2.61. The highest BCUT2D eigenvalue weighted by molar-refractivity contribution is 5.97. The Kier molecular flexibility index (Phi) is 4.33. The number of methoxy groups -OCH3 is 2. The van der Waals surface area contributed by atoms with Crippen molar-refractivity contribution in [3.8, 4) is 17.2 Å². The molecule has 0 radical (unpaired) electrons. The van der Waals surface area contributed by atoms with Crippen molar-refractivity contribution in [2.45, 2.75) is 6.92 Å². The van der Waals surface area contributed by atoms with E-state index in [1.54, 1.807) is 24.3 Å². The van der Waals surface area contributed by atoms with Gasteiger partial charge in [-0.3, -0.25) is 0 Å². The number of pyridine rings is 1. The molecule has 1 heterocycles. The maximum absolute atomic E-state index is 12.6. The summed E-state index contributed by atoms with van der Waals surface area (Å²) in [4.78, 5) is 17.1. The number of aryl methyl sites for hydroxylation is 1. The van der Waals surface area contributed by atoms with E-state index >= 15 is 0 Å². The number of benzene rings is 2. The van der Waals surface area contributed by atoms with Gasteiger partial charge in [0.05, 0.1) is 14.2 Å². The number of nitrogens with zero attached hydrogens (tertiary/aromatic N) is 1. The number of ether oxygens (including phenoxy) is 3. The van der Waals surface area contributed by atoms with E-state index in [1.807, 2.05) is 31.2 Å². The van der Waals surface area contributed by atoms with Crippen molar-refractivity contribution in [2.75, 3.05) is 14.2 Å². The second-order valence-electron chi connectivity index (χ2n) is 5.21. The summed E-state index contributed by atoms with van der Waals surface area (Å²) in [5, 5.41) is 0.906. The van der Waals surface area contributed by atoms with E-state index in [2.05, 4.69) is 4.98 Å². The van der Waals surface area contributed by atoms with Crippen molar-refractivity contribution >= 4 is 16.9 Å². The van der Waals surface area contributed by atoms with Crippen LogP contribution < -0.4 is 14.2 Å². The van der Waals surface area contributed by atoms with Crippen LogP contribution in [0, 0.1) is 6.92 Å². The SMILES string of the molecule is COc1cccc(C(=O)Oc2cccc3ccc(C)nc23)c1OC. The van der Waals surface area contributed by atoms with Crippen LogP contribution in [0.3, 0.4) is 0 Å². The standard InChI is InChI=1S/C19H17NO4/c1-12-10-11-13-6-4-8-15(17(13)20-12)24-19(21)14-7-5-9-16(22-2)18(14)23-3/h4-11H,1-3H3. The summed E-state index contributed by atoms with van der Waals surface area (Å²) >= 11 is 0. The van der Waals surface area contributed by atoms with Gasteiger partial charge in [-0.1, -0.05) is 24.3 Å². The topological polar surface area (TPSA) is 57.7 Å². The van der Waals surface area contributed by atoms with Crippen molar-refractivity contribution in [2.24, 2.45) is 0 Å². The first-order valence-corrected chi connectivity index (χ1v) is 7.43. The van der Waals surface area contributed by atoms with Gasteiger partial charge < -0.3 is 14.2 Å². The molecule has 0 aliphatic rings. The van der Waals surface area contributed by atoms with Crippen molar-refractivity contribution in [1.82, 2.24) is 4.98 Å². The first kappa shape index (κ1) is 15.8. The molecule has 0 amide bonds. The quantitative estimate of drug-likeness (QED) is 0.540. The molecule has 0 saturated heterocycles. The highest BCUT2D eigenvalue weighted by Crippen LogP contribution is 2.32. The fourth-order valence-corrected chi connectivity index (χ4v) is 2.50. The van der Waals surface area contributed by atoms with Crippen molar-refractivity contribution in [1.29, 1.82) is 0 Å². The Morgan fingerprint density at radius 1 is 0.917 bits per heavy atom. The molecule has 2 aromatic carbocycles. The fraction of sp³-hybridized carbons (Fsp3) is 0.158. The maximum atomic E-state index is 12.6. The number of fused-ring (bicyclic) bond motifs is 1. The summed E-state index contributed by atoms with van der Waals surface area (Å²) in [5.41, 5.74) is 1.79. The predicted molar refractivity (Wildman–Crippen MR) is 91.0 cm³/mol. The molecular weight excluding hydrogens is 306 g/mol. The number of carbonyl (C=O) groups is 1. The van der Waals surface area contributed by atoms with Gasteiger partial charge in [0.1, 0.15) is 11.1 Å². The number of rotatable bonds is 4. The number of hydrogen-bond donors (Lipinski definition) is 0. The van der Waals surface area contributed by atoms with E-state index in [4.69, 9.17) is 14.2 Å². The first-order valence-electron chi connectivity index (χ1n) is 7.43. The third-order valence-corrected chi connectivity index (χ3v) is 3.65. The third kappa shape index (κ3) is 2.88. The Hall–Kier alpha value is -3.08. The summed E-state index contributed by atoms with van der Waals surface area (Å²) in [6, 6.07) is 14.4. The fourth-order valence-electron chi connectivity index (χ4n) is 2.50. The molecule has 0 unspecified atom stereocenters. The van der Waals surface area contributed by atoms with Gasteiger partial charge in [0, 0.05) is 11.1 Å². The molecule has 5 nitrogen and oxygen atoms in total. The van der Waals surface area contributed by atoms with Crippen LogP contribution in [-0.2, 0) is 0 Å². The molecular formula is C19H17NO4. The molecule has 24 heavy (non-hydrogen) atoms. The average molecular weight is 323 g/mol. The van der Waals surface area contributed by atoms with Crippen molar-refractivity contribution < 1.29 is 19.0 Å². The number of aromatic nitrogens is 1. The summed E-state index contributed by atoms with van der Waals surface area (Å²) in [5.74, 6) is 0.695. The number of esters is 1. The van der Waals surface area contributed by atoms with Gasteiger partial charge in [0.25, 0.3) is 0 Å². The van der Waals surface area contributed by atoms with Gasteiger partial charge in [-0.05, 0) is 31.2 Å². The van der Waals surface area contributed by atoms with Crippen LogP contribution in [0.2, 0.25) is 0 Å². The second-order valence-corrected chi connectivity index (χ2v) is 5.21. The maximum Gasteiger partial charge on any atom is 0.347 e. The van der Waals surface area contributed by atoms with Gasteiger partial charge in [0.2, 0.25) is 0 Å². The smallest absolute Gasteiger partial charge is 0.347 e. The van der Waals surface area contributed by atoms with E-state index in [9.17, 15) is 4.79 Å². The monoisotopic (exact) mass is 323 g/mol. The molecule has 3 aromatic rings. The zero-order chi connectivity index (χ0) is 17.1. The van der Waals surface area contributed by atoms with Gasteiger partial charge in [-0.25, -0.2) is 9.78 Å². The van der Waals surface area contributed by atoms with Crippen LogP contribution in [0.25, 0.3) is 10.9 Å². The molecule has 0 bridgehead atoms. The minimum absolute atomic E-state index is 0.293. The molecule has 0 aliphatic carbocycles. The van der Waals surface area contributed by atoms with Crippen molar-refractivity contribution in [3.63, 3.8) is 0 Å². The highest BCUT2D eigenvalue weighted by atomic mass is 16.5. The zero-order valence-corrected chi connectivity index (χ0v) is 13.7. The van der Waals surface area contributed by atoms with Gasteiger partial charge >= 0.3 is 5.97 Å². The molecule has 122 valence electrons. The van der Waals surface area contributed by atoms with Gasteiger partial charge in [0.15, 0.2) is 17.2 Å². The highest BCUT2D eigenvalue weighted by Gasteiger charge is 2.19. The van der Waals surface area contributed by atoms with E-state index in [0.29, 0.717) is 28.3 Å². The molecule has 0 spiro atoms. The van der Waals surface area contributed by atoms with Gasteiger partial charge in [-0.2, -0.15) is 0 Å². The normalized spacial score (nSPS) is 10.5. The van der Waals surface area contributed by atoms with E-state index < -0.39 is 5.97 Å². The largest absolute Gasteiger partial charge is 0.493 e. The first-order chi connectivity index (χ1) is 11.6. The van der Waals surface area contributed by atoms with Crippen LogP contribution in [0.1, 0.15) is 16.1 Å². The minimum Gasteiger partial charge on any atom is -0.493 e. The lowest BCUT2D eigenvalue weighted by molar-refractivity contribution is 0.0732. The molecule has 3 rings (SSSR count). The van der Waals surface area contributed by atoms with E-state index in [0.717, 1.165) is 11.1 Å². The summed E-state index contributed by atoms with van der Waals surface area (Å²) < 4.78 is 16.1. The summed E-state index contributed by atoms with van der Waals surface area (Å²) in [6.07, 6.45) is 0. The predicted octanol–water partition coefficient (Wildman–Crippen LogP) is 3.78. The Balaban J connectivity index is 2.01. The lowest BCUT2D eigenvalue weighted by Gasteiger charge is -2.12. The second kappa shape index (κ2) is 6.58. The molecule has 1 aromatic heterocycles. The van der Waals surface area contributed by atoms with Crippen LogP contribution in [0.15, 0.2) is 48.5 Å². The Morgan fingerprint density at radius 3 is 2.42 bits per heavy atom. The number of carbonyl (C=O) groups excluding carboxylic acids is 1. The van der Waals surface area contributed by atoms with Gasteiger partial charge in [-0.15, -0.1) is 0 Å².